The maximum absolute atomic E-state index is 5.92. The van der Waals surface area contributed by atoms with Gasteiger partial charge in [-0.3, -0.25) is 0 Å². The van der Waals surface area contributed by atoms with Crippen molar-refractivity contribution in [1.29, 1.82) is 0 Å². The maximum Gasteiger partial charge on any atom is 0.234 e. The van der Waals surface area contributed by atoms with E-state index in [1.807, 2.05) is 54.6 Å². The molecule has 0 amide bonds. The van der Waals surface area contributed by atoms with Crippen LogP contribution in [-0.4, -0.2) is 12.1 Å². The topological polar surface area (TPSA) is 30.8 Å². The summed E-state index contributed by atoms with van der Waals surface area (Å²) in [6.45, 7) is 0. The molecular formula is C15H11NO2. The number of benzene rings is 2. The van der Waals surface area contributed by atoms with Crippen LogP contribution in [0.4, 0.5) is 0 Å². The van der Waals surface area contributed by atoms with E-state index in [0.717, 1.165) is 16.9 Å². The first-order valence-electron chi connectivity index (χ1n) is 5.97. The summed E-state index contributed by atoms with van der Waals surface area (Å²) < 4.78 is 11.7. The Kier molecular flexibility index (Phi) is 1.94. The summed E-state index contributed by atoms with van der Waals surface area (Å²) in [5, 5.41) is 0. The molecule has 0 radical (unpaired) electrons. The van der Waals surface area contributed by atoms with Gasteiger partial charge in [-0.25, -0.2) is 4.99 Å². The highest BCUT2D eigenvalue weighted by Crippen LogP contribution is 2.42. The standard InChI is InChI=1S/C15H11NO2/c1-2-6-10(7-3-1)14-16-15-13(18-14)11-8-4-5-9-12(11)17-15/h1-9,13,15H/t13-,15+/m1/s1. The van der Waals surface area contributed by atoms with Crippen LogP contribution in [0.5, 0.6) is 5.75 Å². The van der Waals surface area contributed by atoms with Crippen LogP contribution in [0.3, 0.4) is 0 Å². The van der Waals surface area contributed by atoms with Gasteiger partial charge in [-0.2, -0.15) is 0 Å². The molecule has 2 atom stereocenters. The van der Waals surface area contributed by atoms with Gasteiger partial charge in [-0.1, -0.05) is 36.4 Å². The molecule has 0 bridgehead atoms. The molecule has 3 nitrogen and oxygen atoms in total. The van der Waals surface area contributed by atoms with Gasteiger partial charge in [0.15, 0.2) is 6.10 Å². The number of hydrogen-bond acceptors (Lipinski definition) is 3. The second kappa shape index (κ2) is 3.60. The third-order valence-electron chi connectivity index (χ3n) is 3.24. The van der Waals surface area contributed by atoms with E-state index in [2.05, 4.69) is 4.99 Å². The Bertz CT molecular complexity index is 621. The molecule has 3 heteroatoms. The van der Waals surface area contributed by atoms with Crippen LogP contribution in [0.2, 0.25) is 0 Å². The number of ether oxygens (including phenoxy) is 2. The minimum absolute atomic E-state index is 0.101. The number of aliphatic imine (C=N–C) groups is 1. The first kappa shape index (κ1) is 9.71. The summed E-state index contributed by atoms with van der Waals surface area (Å²) in [6.07, 6.45) is -0.339. The molecule has 4 rings (SSSR count). The van der Waals surface area contributed by atoms with E-state index in [9.17, 15) is 0 Å². The van der Waals surface area contributed by atoms with E-state index in [1.54, 1.807) is 0 Å². The highest BCUT2D eigenvalue weighted by atomic mass is 16.6. The molecule has 0 aromatic heterocycles. The number of rotatable bonds is 1. The third-order valence-corrected chi connectivity index (χ3v) is 3.24. The van der Waals surface area contributed by atoms with Crippen molar-refractivity contribution in [2.75, 3.05) is 0 Å². The zero-order valence-corrected chi connectivity index (χ0v) is 9.61. The molecule has 0 aliphatic carbocycles. The Labute approximate surface area is 105 Å². The summed E-state index contributed by atoms with van der Waals surface area (Å²) in [6, 6.07) is 17.9. The van der Waals surface area contributed by atoms with Crippen molar-refractivity contribution in [2.24, 2.45) is 4.99 Å². The smallest absolute Gasteiger partial charge is 0.234 e. The summed E-state index contributed by atoms with van der Waals surface area (Å²) in [5.41, 5.74) is 2.07. The van der Waals surface area contributed by atoms with E-state index >= 15 is 0 Å². The molecule has 0 spiro atoms. The Morgan fingerprint density at radius 2 is 1.61 bits per heavy atom. The highest BCUT2D eigenvalue weighted by molar-refractivity contribution is 5.95. The van der Waals surface area contributed by atoms with Gasteiger partial charge in [0.2, 0.25) is 12.1 Å². The zero-order chi connectivity index (χ0) is 11.9. The van der Waals surface area contributed by atoms with E-state index in [1.165, 1.54) is 0 Å². The fourth-order valence-electron chi connectivity index (χ4n) is 2.37. The Morgan fingerprint density at radius 1 is 0.833 bits per heavy atom. The third kappa shape index (κ3) is 1.34. The molecule has 18 heavy (non-hydrogen) atoms. The predicted octanol–water partition coefficient (Wildman–Crippen LogP) is 2.92. The van der Waals surface area contributed by atoms with Gasteiger partial charge in [-0.15, -0.1) is 0 Å². The van der Waals surface area contributed by atoms with E-state index in [0.29, 0.717) is 5.90 Å². The molecule has 0 saturated heterocycles. The molecule has 2 heterocycles. The van der Waals surface area contributed by atoms with Crippen LogP contribution in [0.15, 0.2) is 59.6 Å². The summed E-state index contributed by atoms with van der Waals surface area (Å²) in [4.78, 5) is 4.51. The lowest BCUT2D eigenvalue weighted by atomic mass is 10.1. The molecule has 0 unspecified atom stereocenters. The highest BCUT2D eigenvalue weighted by Gasteiger charge is 2.41. The van der Waals surface area contributed by atoms with Crippen LogP contribution in [-0.2, 0) is 4.74 Å². The summed E-state index contributed by atoms with van der Waals surface area (Å²) in [7, 11) is 0. The second-order valence-electron chi connectivity index (χ2n) is 4.38. The Balaban J connectivity index is 1.69. The van der Waals surface area contributed by atoms with E-state index in [-0.39, 0.29) is 12.3 Å². The predicted molar refractivity (Wildman–Crippen MR) is 67.7 cm³/mol. The molecular weight excluding hydrogens is 226 g/mol. The normalized spacial score (nSPS) is 23.7. The lowest BCUT2D eigenvalue weighted by Gasteiger charge is -2.08. The van der Waals surface area contributed by atoms with Gasteiger partial charge < -0.3 is 9.47 Å². The van der Waals surface area contributed by atoms with Gasteiger partial charge in [0.25, 0.3) is 0 Å². The second-order valence-corrected chi connectivity index (χ2v) is 4.38. The van der Waals surface area contributed by atoms with Crippen molar-refractivity contribution in [3.05, 3.63) is 65.7 Å². The fourth-order valence-corrected chi connectivity index (χ4v) is 2.37. The quantitative estimate of drug-likeness (QED) is 0.763. The zero-order valence-electron chi connectivity index (χ0n) is 9.61. The Hall–Kier alpha value is -2.29. The molecule has 2 aliphatic rings. The first-order chi connectivity index (χ1) is 8.92. The Morgan fingerprint density at radius 3 is 2.50 bits per heavy atom. The van der Waals surface area contributed by atoms with Gasteiger partial charge in [0, 0.05) is 11.1 Å². The average Bonchev–Trinajstić information content (AvgIpc) is 2.97. The first-order valence-corrected chi connectivity index (χ1v) is 5.97. The SMILES string of the molecule is c1ccc(C2=N[C@H]3Oc4ccccc4[C@H]3O2)cc1. The van der Waals surface area contributed by atoms with Crippen molar-refractivity contribution >= 4 is 5.90 Å². The molecule has 0 N–H and O–H groups in total. The molecule has 2 aromatic carbocycles. The van der Waals surface area contributed by atoms with Gasteiger partial charge in [0.1, 0.15) is 5.75 Å². The number of hydrogen-bond donors (Lipinski definition) is 0. The fraction of sp³-hybridized carbons (Fsp3) is 0.133. The van der Waals surface area contributed by atoms with Crippen LogP contribution in [0.1, 0.15) is 17.2 Å². The number of fused-ring (bicyclic) bond motifs is 3. The van der Waals surface area contributed by atoms with Crippen LogP contribution in [0, 0.1) is 0 Å². The van der Waals surface area contributed by atoms with Crippen LogP contribution < -0.4 is 4.74 Å². The molecule has 0 saturated carbocycles. The molecule has 2 aromatic rings. The van der Waals surface area contributed by atoms with Crippen molar-refractivity contribution in [1.82, 2.24) is 0 Å². The average molecular weight is 237 g/mol. The van der Waals surface area contributed by atoms with Crippen molar-refractivity contribution in [3.8, 4) is 5.75 Å². The molecule has 88 valence electrons. The maximum atomic E-state index is 5.92. The van der Waals surface area contributed by atoms with Gasteiger partial charge >= 0.3 is 0 Å². The van der Waals surface area contributed by atoms with Crippen LogP contribution in [0.25, 0.3) is 0 Å². The summed E-state index contributed by atoms with van der Waals surface area (Å²) >= 11 is 0. The van der Waals surface area contributed by atoms with Crippen molar-refractivity contribution in [3.63, 3.8) is 0 Å². The van der Waals surface area contributed by atoms with Crippen LogP contribution >= 0.6 is 0 Å². The minimum atomic E-state index is -0.238. The van der Waals surface area contributed by atoms with Gasteiger partial charge in [0.05, 0.1) is 0 Å². The minimum Gasteiger partial charge on any atom is -0.464 e. The van der Waals surface area contributed by atoms with E-state index in [4.69, 9.17) is 9.47 Å². The van der Waals surface area contributed by atoms with E-state index < -0.39 is 0 Å². The lowest BCUT2D eigenvalue weighted by molar-refractivity contribution is 0.118. The van der Waals surface area contributed by atoms with Crippen molar-refractivity contribution < 1.29 is 9.47 Å². The number of nitrogens with zero attached hydrogens (tertiary/aromatic N) is 1. The lowest BCUT2D eigenvalue weighted by Crippen LogP contribution is -2.11. The largest absolute Gasteiger partial charge is 0.464 e. The monoisotopic (exact) mass is 237 g/mol. The summed E-state index contributed by atoms with van der Waals surface area (Å²) in [5.74, 6) is 1.54. The molecule has 2 aliphatic heterocycles. The van der Waals surface area contributed by atoms with Crippen molar-refractivity contribution in [2.45, 2.75) is 12.3 Å². The van der Waals surface area contributed by atoms with Gasteiger partial charge in [-0.05, 0) is 18.2 Å². The molecule has 0 fully saturated rings. The number of para-hydroxylation sites is 1.